The molecule has 0 aromatic heterocycles. The van der Waals surface area contributed by atoms with Crippen molar-refractivity contribution in [3.8, 4) is 0 Å². The molecule has 6 atom stereocenters. The summed E-state index contributed by atoms with van der Waals surface area (Å²) >= 11 is 0. The standard InChI is InChI=1S/C19H19NO4/c1-9(21)10-3-2-4-11(7-10)20-18(22)16-12-5-6-13(15-8-14(12)15)17(16)19(23)24/h2-7,12-17H,8H2,1H3,(H,20,22)(H,23,24)/t12-,13+,14+,15+,16-,17-/m0/s1. The predicted octanol–water partition coefficient (Wildman–Crippen LogP) is 2.60. The van der Waals surface area contributed by atoms with Gasteiger partial charge in [0.05, 0.1) is 11.8 Å². The van der Waals surface area contributed by atoms with Crippen molar-refractivity contribution in [2.45, 2.75) is 13.3 Å². The molecule has 4 aliphatic rings. The molecule has 2 fully saturated rings. The van der Waals surface area contributed by atoms with Gasteiger partial charge in [0.25, 0.3) is 0 Å². The molecule has 4 aliphatic carbocycles. The first-order chi connectivity index (χ1) is 11.5. The summed E-state index contributed by atoms with van der Waals surface area (Å²) in [6.07, 6.45) is 5.06. The fraction of sp³-hybridized carbons (Fsp3) is 0.421. The maximum Gasteiger partial charge on any atom is 0.307 e. The number of nitrogens with one attached hydrogen (secondary N) is 1. The Bertz CT molecular complexity index is 768. The topological polar surface area (TPSA) is 83.5 Å². The van der Waals surface area contributed by atoms with Gasteiger partial charge in [0.15, 0.2) is 5.78 Å². The lowest BCUT2D eigenvalue weighted by Crippen LogP contribution is -2.48. The van der Waals surface area contributed by atoms with Crippen LogP contribution < -0.4 is 5.32 Å². The molecule has 2 bridgehead atoms. The highest BCUT2D eigenvalue weighted by molar-refractivity contribution is 5.99. The zero-order valence-electron chi connectivity index (χ0n) is 13.3. The third kappa shape index (κ3) is 2.27. The van der Waals surface area contributed by atoms with Gasteiger partial charge in [-0.3, -0.25) is 14.4 Å². The number of anilines is 1. The van der Waals surface area contributed by atoms with Crippen molar-refractivity contribution in [1.82, 2.24) is 0 Å². The Labute approximate surface area is 139 Å². The lowest BCUT2D eigenvalue weighted by Gasteiger charge is -2.41. The Kier molecular flexibility index (Phi) is 3.34. The van der Waals surface area contributed by atoms with E-state index in [1.165, 1.54) is 6.92 Å². The van der Waals surface area contributed by atoms with Crippen LogP contribution in [0.1, 0.15) is 23.7 Å². The van der Waals surface area contributed by atoms with Crippen molar-refractivity contribution < 1.29 is 19.5 Å². The van der Waals surface area contributed by atoms with Gasteiger partial charge in [-0.15, -0.1) is 0 Å². The van der Waals surface area contributed by atoms with Crippen LogP contribution in [0.4, 0.5) is 5.69 Å². The number of carboxylic acid groups (broad SMARTS) is 1. The average molecular weight is 325 g/mol. The van der Waals surface area contributed by atoms with Gasteiger partial charge in [0.2, 0.25) is 5.91 Å². The monoisotopic (exact) mass is 325 g/mol. The molecule has 5 heteroatoms. The molecule has 1 aromatic rings. The van der Waals surface area contributed by atoms with E-state index in [1.54, 1.807) is 24.3 Å². The third-order valence-electron chi connectivity index (χ3n) is 5.78. The van der Waals surface area contributed by atoms with E-state index >= 15 is 0 Å². The second-order valence-electron chi connectivity index (χ2n) is 7.12. The van der Waals surface area contributed by atoms with E-state index in [4.69, 9.17) is 0 Å². The zero-order valence-corrected chi connectivity index (χ0v) is 13.3. The Hall–Kier alpha value is -2.43. The fourth-order valence-electron chi connectivity index (χ4n) is 4.61. The van der Waals surface area contributed by atoms with Crippen molar-refractivity contribution in [3.63, 3.8) is 0 Å². The first-order valence-electron chi connectivity index (χ1n) is 8.30. The Balaban J connectivity index is 1.59. The maximum atomic E-state index is 12.8. The van der Waals surface area contributed by atoms with Crippen molar-refractivity contribution in [2.24, 2.45) is 35.5 Å². The molecule has 1 amide bonds. The molecule has 0 radical (unpaired) electrons. The Morgan fingerprint density at radius 1 is 1.08 bits per heavy atom. The van der Waals surface area contributed by atoms with Gasteiger partial charge in [0.1, 0.15) is 0 Å². The Morgan fingerprint density at radius 3 is 2.38 bits per heavy atom. The van der Waals surface area contributed by atoms with Crippen LogP contribution in [0.25, 0.3) is 0 Å². The van der Waals surface area contributed by atoms with Crippen LogP contribution in [-0.2, 0) is 9.59 Å². The minimum Gasteiger partial charge on any atom is -0.481 e. The number of amides is 1. The largest absolute Gasteiger partial charge is 0.481 e. The Morgan fingerprint density at radius 2 is 1.75 bits per heavy atom. The lowest BCUT2D eigenvalue weighted by molar-refractivity contribution is -0.152. The molecule has 0 aliphatic heterocycles. The zero-order chi connectivity index (χ0) is 17.0. The smallest absolute Gasteiger partial charge is 0.307 e. The molecule has 5 nitrogen and oxygen atoms in total. The van der Waals surface area contributed by atoms with Crippen LogP contribution in [0.2, 0.25) is 0 Å². The van der Waals surface area contributed by atoms with Gasteiger partial charge in [0, 0.05) is 11.3 Å². The number of fused-ring (bicyclic) bond motifs is 1. The van der Waals surface area contributed by atoms with Crippen molar-refractivity contribution in [3.05, 3.63) is 42.0 Å². The highest BCUT2D eigenvalue weighted by Gasteiger charge is 2.62. The molecule has 24 heavy (non-hydrogen) atoms. The van der Waals surface area contributed by atoms with E-state index in [0.29, 0.717) is 23.1 Å². The number of aliphatic carboxylic acids is 1. The highest BCUT2D eigenvalue weighted by Crippen LogP contribution is 2.63. The molecular weight excluding hydrogens is 306 g/mol. The van der Waals surface area contributed by atoms with E-state index in [0.717, 1.165) is 6.42 Å². The summed E-state index contributed by atoms with van der Waals surface area (Å²) in [5, 5.41) is 12.5. The van der Waals surface area contributed by atoms with Gasteiger partial charge in [-0.2, -0.15) is 0 Å². The van der Waals surface area contributed by atoms with Crippen LogP contribution in [0.3, 0.4) is 0 Å². The molecule has 5 rings (SSSR count). The molecule has 0 heterocycles. The summed E-state index contributed by atoms with van der Waals surface area (Å²) in [7, 11) is 0. The summed E-state index contributed by atoms with van der Waals surface area (Å²) in [6, 6.07) is 6.76. The minimum absolute atomic E-state index is 0.0112. The maximum absolute atomic E-state index is 12.8. The van der Waals surface area contributed by atoms with Crippen LogP contribution in [0.15, 0.2) is 36.4 Å². The summed E-state index contributed by atoms with van der Waals surface area (Å²) in [6.45, 7) is 1.47. The molecular formula is C19H19NO4. The van der Waals surface area contributed by atoms with E-state index in [2.05, 4.69) is 5.32 Å². The highest BCUT2D eigenvalue weighted by atomic mass is 16.4. The molecule has 2 saturated carbocycles. The number of allylic oxidation sites excluding steroid dienone is 2. The molecule has 1 aromatic carbocycles. The summed E-state index contributed by atoms with van der Waals surface area (Å²) < 4.78 is 0. The number of Topliss-reactive ketones (excluding diaryl/α,β-unsaturated/α-hetero) is 1. The van der Waals surface area contributed by atoms with Gasteiger partial charge in [-0.05, 0) is 49.1 Å². The second-order valence-corrected chi connectivity index (χ2v) is 7.12. The van der Waals surface area contributed by atoms with Gasteiger partial charge in [-0.1, -0.05) is 24.3 Å². The van der Waals surface area contributed by atoms with E-state index in [1.807, 2.05) is 12.2 Å². The van der Waals surface area contributed by atoms with Crippen molar-refractivity contribution >= 4 is 23.3 Å². The second kappa shape index (κ2) is 5.30. The lowest BCUT2D eigenvalue weighted by atomic mass is 9.62. The molecule has 124 valence electrons. The molecule has 2 N–H and O–H groups in total. The average Bonchev–Trinajstić information content (AvgIpc) is 3.36. The van der Waals surface area contributed by atoms with Crippen LogP contribution in [0.5, 0.6) is 0 Å². The van der Waals surface area contributed by atoms with Crippen molar-refractivity contribution in [1.29, 1.82) is 0 Å². The molecule has 0 saturated heterocycles. The van der Waals surface area contributed by atoms with Gasteiger partial charge >= 0.3 is 5.97 Å². The third-order valence-corrected chi connectivity index (χ3v) is 5.78. The normalized spacial score (nSPS) is 35.2. The number of carboxylic acids is 1. The molecule has 0 spiro atoms. The van der Waals surface area contributed by atoms with Crippen molar-refractivity contribution in [2.75, 3.05) is 5.32 Å². The number of benzene rings is 1. The summed E-state index contributed by atoms with van der Waals surface area (Å²) in [5.74, 6) is -1.54. The number of hydrogen-bond donors (Lipinski definition) is 2. The summed E-state index contributed by atoms with van der Waals surface area (Å²) in [4.78, 5) is 36.1. The number of carbonyl (C=O) groups excluding carboxylic acids is 2. The first-order valence-corrected chi connectivity index (χ1v) is 8.30. The number of hydrogen-bond acceptors (Lipinski definition) is 3. The van der Waals surface area contributed by atoms with Gasteiger partial charge < -0.3 is 10.4 Å². The SMILES string of the molecule is CC(=O)c1cccc(NC(=O)[C@H]2[C@H]3C=C[C@H]([C@H]4C[C@H]34)[C@@H]2C(=O)O)c1. The van der Waals surface area contributed by atoms with Gasteiger partial charge in [-0.25, -0.2) is 0 Å². The van der Waals surface area contributed by atoms with Crippen LogP contribution >= 0.6 is 0 Å². The number of rotatable bonds is 4. The van der Waals surface area contributed by atoms with E-state index in [9.17, 15) is 19.5 Å². The van der Waals surface area contributed by atoms with E-state index < -0.39 is 17.8 Å². The fourth-order valence-corrected chi connectivity index (χ4v) is 4.61. The van der Waals surface area contributed by atoms with Crippen LogP contribution in [0, 0.1) is 35.5 Å². The van der Waals surface area contributed by atoms with Crippen LogP contribution in [-0.4, -0.2) is 22.8 Å². The predicted molar refractivity (Wildman–Crippen MR) is 87.4 cm³/mol. The van der Waals surface area contributed by atoms with E-state index in [-0.39, 0.29) is 23.5 Å². The summed E-state index contributed by atoms with van der Waals surface area (Å²) in [5.41, 5.74) is 1.06. The number of ketones is 1. The number of carbonyl (C=O) groups is 3. The minimum atomic E-state index is -0.891. The quantitative estimate of drug-likeness (QED) is 0.658. The molecule has 0 unspecified atom stereocenters. The first kappa shape index (κ1) is 15.1.